The Hall–Kier alpha value is -0.890. The van der Waals surface area contributed by atoms with E-state index in [2.05, 4.69) is 22.6 Å². The van der Waals surface area contributed by atoms with E-state index in [1.54, 1.807) is 6.07 Å². The van der Waals surface area contributed by atoms with Gasteiger partial charge in [0.25, 0.3) is 5.69 Å². The molecule has 1 aromatic rings. The van der Waals surface area contributed by atoms with Crippen LogP contribution in [0.25, 0.3) is 0 Å². The summed E-state index contributed by atoms with van der Waals surface area (Å²) in [6.45, 7) is 0. The number of hydrogen-bond acceptors (Lipinski definition) is 4. The highest BCUT2D eigenvalue weighted by molar-refractivity contribution is 14.1. The fourth-order valence-electron chi connectivity index (χ4n) is 2.08. The van der Waals surface area contributed by atoms with E-state index in [4.69, 9.17) is 10.5 Å². The predicted molar refractivity (Wildman–Crippen MR) is 76.7 cm³/mol. The molecule has 0 unspecified atom stereocenters. The molecule has 6 heteroatoms. The molecular weight excluding hydrogens is 347 g/mol. The van der Waals surface area contributed by atoms with Gasteiger partial charge in [0.2, 0.25) is 0 Å². The van der Waals surface area contributed by atoms with Crippen molar-refractivity contribution in [2.24, 2.45) is 5.73 Å². The fraction of sp³-hybridized carbons (Fsp3) is 0.500. The van der Waals surface area contributed by atoms with E-state index < -0.39 is 4.92 Å². The topological polar surface area (TPSA) is 78.4 Å². The van der Waals surface area contributed by atoms with Crippen LogP contribution < -0.4 is 10.5 Å². The molecular formula is C12H15IN2O3. The minimum absolute atomic E-state index is 0.0948. The van der Waals surface area contributed by atoms with Gasteiger partial charge >= 0.3 is 0 Å². The molecule has 0 amide bonds. The minimum Gasteiger partial charge on any atom is -0.489 e. The van der Waals surface area contributed by atoms with Crippen molar-refractivity contribution in [3.8, 4) is 5.75 Å². The Morgan fingerprint density at radius 3 is 2.56 bits per heavy atom. The maximum atomic E-state index is 10.6. The number of nitro groups is 1. The van der Waals surface area contributed by atoms with Crippen LogP contribution in [-0.4, -0.2) is 17.1 Å². The predicted octanol–water partition coefficient (Wildman–Crippen LogP) is 2.85. The Labute approximate surface area is 119 Å². The lowest BCUT2D eigenvalue weighted by atomic mass is 9.94. The molecule has 1 aromatic carbocycles. The second-order valence-corrected chi connectivity index (χ2v) is 5.69. The first-order valence-electron chi connectivity index (χ1n) is 5.92. The Morgan fingerprint density at radius 2 is 2.00 bits per heavy atom. The van der Waals surface area contributed by atoms with Crippen LogP contribution in [0.4, 0.5) is 5.69 Å². The molecule has 1 saturated carbocycles. The number of nitrogens with two attached hydrogens (primary N) is 1. The summed E-state index contributed by atoms with van der Waals surface area (Å²) in [7, 11) is 0. The first-order valence-corrected chi connectivity index (χ1v) is 7.00. The third kappa shape index (κ3) is 3.32. The quantitative estimate of drug-likeness (QED) is 0.510. The molecule has 98 valence electrons. The molecule has 0 atom stereocenters. The summed E-state index contributed by atoms with van der Waals surface area (Å²) in [5.74, 6) is 0.724. The van der Waals surface area contributed by atoms with Gasteiger partial charge in [-0.25, -0.2) is 0 Å². The molecule has 0 bridgehead atoms. The van der Waals surface area contributed by atoms with Gasteiger partial charge in [-0.05, 0) is 54.3 Å². The third-order valence-corrected chi connectivity index (χ3v) is 3.98. The fourth-order valence-corrected chi connectivity index (χ4v) is 2.71. The van der Waals surface area contributed by atoms with E-state index in [9.17, 15) is 10.1 Å². The van der Waals surface area contributed by atoms with E-state index in [0.717, 1.165) is 35.0 Å². The van der Waals surface area contributed by atoms with Crippen molar-refractivity contribution in [2.75, 3.05) is 0 Å². The normalized spacial score (nSPS) is 23.7. The van der Waals surface area contributed by atoms with Gasteiger partial charge in [-0.3, -0.25) is 10.1 Å². The van der Waals surface area contributed by atoms with Crippen molar-refractivity contribution in [3.63, 3.8) is 0 Å². The molecule has 18 heavy (non-hydrogen) atoms. The molecule has 1 fully saturated rings. The van der Waals surface area contributed by atoms with Crippen LogP contribution in [-0.2, 0) is 0 Å². The highest BCUT2D eigenvalue weighted by Crippen LogP contribution is 2.29. The number of rotatable bonds is 3. The SMILES string of the molecule is NC1CCC(Oc2ccc([N+](=O)[O-])cc2I)CC1. The summed E-state index contributed by atoms with van der Waals surface area (Å²) < 4.78 is 6.66. The summed E-state index contributed by atoms with van der Waals surface area (Å²) in [6, 6.07) is 4.98. The Bertz CT molecular complexity index is 445. The Balaban J connectivity index is 2.03. The number of hydrogen-bond donors (Lipinski definition) is 1. The molecule has 2 rings (SSSR count). The van der Waals surface area contributed by atoms with Gasteiger partial charge in [0.05, 0.1) is 14.6 Å². The van der Waals surface area contributed by atoms with Crippen LogP contribution in [0, 0.1) is 13.7 Å². The average Bonchev–Trinajstić information content (AvgIpc) is 2.34. The van der Waals surface area contributed by atoms with Crippen LogP contribution in [0.15, 0.2) is 18.2 Å². The van der Waals surface area contributed by atoms with E-state index >= 15 is 0 Å². The lowest BCUT2D eigenvalue weighted by Crippen LogP contribution is -2.31. The van der Waals surface area contributed by atoms with Crippen LogP contribution in [0.1, 0.15) is 25.7 Å². The van der Waals surface area contributed by atoms with Crippen molar-refractivity contribution in [1.82, 2.24) is 0 Å². The minimum atomic E-state index is -0.397. The second-order valence-electron chi connectivity index (χ2n) is 4.53. The average molecular weight is 362 g/mol. The maximum Gasteiger partial charge on any atom is 0.270 e. The molecule has 0 aliphatic heterocycles. The monoisotopic (exact) mass is 362 g/mol. The Kier molecular flexibility index (Phi) is 4.39. The van der Waals surface area contributed by atoms with E-state index in [0.29, 0.717) is 6.04 Å². The number of ether oxygens (including phenoxy) is 1. The molecule has 2 N–H and O–H groups in total. The van der Waals surface area contributed by atoms with Gasteiger partial charge in [0.15, 0.2) is 0 Å². The first kappa shape index (κ1) is 13.5. The van der Waals surface area contributed by atoms with Gasteiger partial charge < -0.3 is 10.5 Å². The molecule has 0 spiro atoms. The molecule has 5 nitrogen and oxygen atoms in total. The van der Waals surface area contributed by atoms with Crippen LogP contribution in [0.2, 0.25) is 0 Å². The van der Waals surface area contributed by atoms with Gasteiger partial charge in [0.1, 0.15) is 5.75 Å². The van der Waals surface area contributed by atoms with Crippen molar-refractivity contribution in [2.45, 2.75) is 37.8 Å². The summed E-state index contributed by atoms with van der Waals surface area (Å²) in [5, 5.41) is 10.6. The number of nitro benzene ring substituents is 1. The summed E-state index contributed by atoms with van der Waals surface area (Å²) in [5.41, 5.74) is 5.94. The van der Waals surface area contributed by atoms with Crippen molar-refractivity contribution < 1.29 is 9.66 Å². The zero-order valence-electron chi connectivity index (χ0n) is 9.84. The van der Waals surface area contributed by atoms with Crippen LogP contribution in [0.3, 0.4) is 0 Å². The highest BCUT2D eigenvalue weighted by atomic mass is 127. The van der Waals surface area contributed by atoms with Crippen molar-refractivity contribution in [3.05, 3.63) is 31.9 Å². The molecule has 0 radical (unpaired) electrons. The highest BCUT2D eigenvalue weighted by Gasteiger charge is 2.21. The largest absolute Gasteiger partial charge is 0.489 e. The molecule has 1 aliphatic rings. The van der Waals surface area contributed by atoms with E-state index in [1.807, 2.05) is 0 Å². The van der Waals surface area contributed by atoms with Gasteiger partial charge in [-0.1, -0.05) is 0 Å². The first-order chi connectivity index (χ1) is 8.56. The van der Waals surface area contributed by atoms with E-state index in [-0.39, 0.29) is 11.8 Å². The number of non-ortho nitro benzene ring substituents is 1. The summed E-state index contributed by atoms with van der Waals surface area (Å²) in [6.07, 6.45) is 4.05. The van der Waals surface area contributed by atoms with Crippen molar-refractivity contribution in [1.29, 1.82) is 0 Å². The number of nitrogens with zero attached hydrogens (tertiary/aromatic N) is 1. The van der Waals surface area contributed by atoms with Crippen LogP contribution in [0.5, 0.6) is 5.75 Å². The lowest BCUT2D eigenvalue weighted by molar-refractivity contribution is -0.385. The number of benzene rings is 1. The van der Waals surface area contributed by atoms with Gasteiger partial charge in [-0.2, -0.15) is 0 Å². The number of halogens is 1. The van der Waals surface area contributed by atoms with E-state index in [1.165, 1.54) is 12.1 Å². The maximum absolute atomic E-state index is 10.6. The van der Waals surface area contributed by atoms with Gasteiger partial charge in [0, 0.05) is 18.2 Å². The third-order valence-electron chi connectivity index (χ3n) is 3.14. The lowest BCUT2D eigenvalue weighted by Gasteiger charge is -2.27. The molecule has 1 aliphatic carbocycles. The summed E-state index contributed by atoms with van der Waals surface area (Å²) in [4.78, 5) is 10.2. The Morgan fingerprint density at radius 1 is 1.33 bits per heavy atom. The zero-order valence-corrected chi connectivity index (χ0v) is 12.0. The standard InChI is InChI=1S/C12H15IN2O3/c13-11-7-9(15(16)17)3-6-12(11)18-10-4-1-8(14)2-5-10/h3,6-8,10H,1-2,4-5,14H2. The smallest absolute Gasteiger partial charge is 0.270 e. The van der Waals surface area contributed by atoms with Crippen LogP contribution >= 0.6 is 22.6 Å². The van der Waals surface area contributed by atoms with Crippen molar-refractivity contribution >= 4 is 28.3 Å². The molecule has 0 saturated heterocycles. The summed E-state index contributed by atoms with van der Waals surface area (Å²) >= 11 is 2.07. The molecule has 0 aromatic heterocycles. The van der Waals surface area contributed by atoms with Gasteiger partial charge in [-0.15, -0.1) is 0 Å². The zero-order chi connectivity index (χ0) is 13.1. The second kappa shape index (κ2) is 5.83. The molecule has 0 heterocycles.